The molecule has 0 saturated heterocycles. The zero-order valence-electron chi connectivity index (χ0n) is 18.2. The number of benzene rings is 2. The third kappa shape index (κ3) is 4.47. The average molecular weight is 475 g/mol. The van der Waals surface area contributed by atoms with E-state index in [1.807, 2.05) is 12.2 Å². The number of amides is 1. The average Bonchev–Trinajstić information content (AvgIpc) is 3.57. The van der Waals surface area contributed by atoms with Crippen molar-refractivity contribution in [1.29, 1.82) is 0 Å². The molecule has 1 heterocycles. The predicted molar refractivity (Wildman–Crippen MR) is 127 cm³/mol. The first-order valence-corrected chi connectivity index (χ1v) is 12.4. The molecular weight excluding hydrogens is 452 g/mol. The minimum atomic E-state index is -3.84. The minimum Gasteiger partial charge on any atom is -0.366 e. The number of aromatic nitrogens is 2. The Morgan fingerprint density at radius 1 is 1.00 bits per heavy atom. The molecule has 2 aliphatic carbocycles. The monoisotopic (exact) mass is 474 g/mol. The molecule has 0 unspecified atom stereocenters. The summed E-state index contributed by atoms with van der Waals surface area (Å²) in [5.41, 5.74) is 9.17. The van der Waals surface area contributed by atoms with Crippen LogP contribution in [0, 0.1) is 5.92 Å². The molecule has 8 nitrogen and oxygen atoms in total. The van der Waals surface area contributed by atoms with Gasteiger partial charge in [0.2, 0.25) is 5.91 Å². The number of carbonyl (C=O) groups excluding carboxylic acids is 2. The molecule has 0 atom stereocenters. The first kappa shape index (κ1) is 22.0. The summed E-state index contributed by atoms with van der Waals surface area (Å²) in [6, 6.07) is 12.3. The molecule has 0 spiro atoms. The number of ketones is 1. The lowest BCUT2D eigenvalue weighted by Crippen LogP contribution is -2.14. The van der Waals surface area contributed by atoms with Crippen LogP contribution in [-0.2, 0) is 27.7 Å². The van der Waals surface area contributed by atoms with E-state index in [1.165, 1.54) is 24.3 Å². The number of nitrogens with two attached hydrogens (primary N) is 1. The van der Waals surface area contributed by atoms with E-state index in [9.17, 15) is 18.0 Å². The van der Waals surface area contributed by atoms with Crippen LogP contribution in [0.25, 0.3) is 17.3 Å². The van der Waals surface area contributed by atoms with E-state index < -0.39 is 15.9 Å². The fourth-order valence-electron chi connectivity index (χ4n) is 3.90. The van der Waals surface area contributed by atoms with Crippen molar-refractivity contribution in [3.05, 3.63) is 77.3 Å². The Hall–Kier alpha value is -3.85. The van der Waals surface area contributed by atoms with Crippen LogP contribution in [0.1, 0.15) is 40.3 Å². The van der Waals surface area contributed by atoms with Crippen molar-refractivity contribution in [2.75, 3.05) is 4.72 Å². The maximum absolute atomic E-state index is 12.7. The fourth-order valence-corrected chi connectivity index (χ4v) is 4.96. The van der Waals surface area contributed by atoms with Crippen molar-refractivity contribution < 1.29 is 18.0 Å². The summed E-state index contributed by atoms with van der Waals surface area (Å²) in [5.74, 6) is 0.236. The van der Waals surface area contributed by atoms with E-state index in [2.05, 4.69) is 14.7 Å². The fraction of sp³-hybridized carbons (Fsp3) is 0.200. The van der Waals surface area contributed by atoms with Crippen LogP contribution in [0.15, 0.2) is 59.5 Å². The number of Topliss-reactive ketones (excluding diaryl/α,β-unsaturated/α-hetero) is 1. The molecule has 0 aliphatic heterocycles. The van der Waals surface area contributed by atoms with Crippen molar-refractivity contribution in [2.45, 2.75) is 30.6 Å². The second-order valence-corrected chi connectivity index (χ2v) is 10.1. The number of nitrogens with zero attached hydrogens (tertiary/aromatic N) is 2. The molecule has 1 fully saturated rings. The number of anilines is 1. The first-order chi connectivity index (χ1) is 16.3. The summed E-state index contributed by atoms with van der Waals surface area (Å²) in [7, 11) is -3.84. The lowest BCUT2D eigenvalue weighted by molar-refractivity contribution is -0.119. The summed E-state index contributed by atoms with van der Waals surface area (Å²) < 4.78 is 28.0. The van der Waals surface area contributed by atoms with Gasteiger partial charge in [-0.3, -0.25) is 14.3 Å². The van der Waals surface area contributed by atoms with E-state index in [0.29, 0.717) is 17.9 Å². The van der Waals surface area contributed by atoms with Gasteiger partial charge in [-0.05, 0) is 49.2 Å². The normalized spacial score (nSPS) is 14.6. The maximum Gasteiger partial charge on any atom is 0.261 e. The summed E-state index contributed by atoms with van der Waals surface area (Å²) in [5, 5.41) is 0. The van der Waals surface area contributed by atoms with Crippen LogP contribution in [0.3, 0.4) is 0 Å². The second kappa shape index (κ2) is 8.49. The predicted octanol–water partition coefficient (Wildman–Crippen LogP) is 3.13. The van der Waals surface area contributed by atoms with Crippen LogP contribution in [0.4, 0.5) is 5.69 Å². The molecule has 1 saturated carbocycles. The highest BCUT2D eigenvalue weighted by molar-refractivity contribution is 7.92. The molecule has 3 aromatic rings. The Bertz CT molecular complexity index is 1420. The second-order valence-electron chi connectivity index (χ2n) is 8.44. The lowest BCUT2D eigenvalue weighted by atomic mass is 10.0. The number of nitrogens with one attached hydrogen (secondary N) is 1. The van der Waals surface area contributed by atoms with Gasteiger partial charge in [-0.2, -0.15) is 0 Å². The molecule has 1 amide bonds. The highest BCUT2D eigenvalue weighted by atomic mass is 32.2. The van der Waals surface area contributed by atoms with Crippen LogP contribution < -0.4 is 10.5 Å². The highest BCUT2D eigenvalue weighted by Gasteiger charge is 2.30. The largest absolute Gasteiger partial charge is 0.366 e. The summed E-state index contributed by atoms with van der Waals surface area (Å²) >= 11 is 0. The Morgan fingerprint density at radius 3 is 2.35 bits per heavy atom. The van der Waals surface area contributed by atoms with Crippen molar-refractivity contribution in [3.63, 3.8) is 0 Å². The van der Waals surface area contributed by atoms with Crippen LogP contribution in [0.2, 0.25) is 0 Å². The Balaban J connectivity index is 1.38. The van der Waals surface area contributed by atoms with Gasteiger partial charge in [0.1, 0.15) is 11.6 Å². The van der Waals surface area contributed by atoms with Gasteiger partial charge in [-0.1, -0.05) is 24.3 Å². The molecule has 1 aromatic heterocycles. The summed E-state index contributed by atoms with van der Waals surface area (Å²) in [6.07, 6.45) is 6.82. The van der Waals surface area contributed by atoms with Crippen LogP contribution in [0.5, 0.6) is 0 Å². The Kier molecular flexibility index (Phi) is 5.49. The van der Waals surface area contributed by atoms with Crippen LogP contribution >= 0.6 is 0 Å². The number of hydrogen-bond acceptors (Lipinski definition) is 6. The minimum absolute atomic E-state index is 0.0188. The van der Waals surface area contributed by atoms with E-state index in [-0.39, 0.29) is 28.6 Å². The van der Waals surface area contributed by atoms with E-state index in [4.69, 9.17) is 5.73 Å². The first-order valence-electron chi connectivity index (χ1n) is 10.9. The SMILES string of the molecule is NC(=O)c1ccc(S(=O)(=O)Nc2ccc(-c3nc(CC(=O)C4CC4)nc4c3C=CC4)cc2)cc1. The third-order valence-electron chi connectivity index (χ3n) is 5.89. The molecule has 0 radical (unpaired) electrons. The Morgan fingerprint density at radius 2 is 1.71 bits per heavy atom. The number of sulfonamides is 1. The summed E-state index contributed by atoms with van der Waals surface area (Å²) in [4.78, 5) is 32.8. The van der Waals surface area contributed by atoms with E-state index in [0.717, 1.165) is 35.4 Å². The molecule has 9 heteroatoms. The van der Waals surface area contributed by atoms with E-state index in [1.54, 1.807) is 24.3 Å². The molecular formula is C25H22N4O4S. The molecule has 172 valence electrons. The topological polar surface area (TPSA) is 132 Å². The number of allylic oxidation sites excluding steroid dienone is 1. The zero-order chi connectivity index (χ0) is 23.9. The van der Waals surface area contributed by atoms with Crippen molar-refractivity contribution in [2.24, 2.45) is 11.7 Å². The molecule has 3 N–H and O–H groups in total. The Labute approximate surface area is 197 Å². The summed E-state index contributed by atoms with van der Waals surface area (Å²) in [6.45, 7) is 0. The number of carbonyl (C=O) groups is 2. The van der Waals surface area contributed by atoms with Gasteiger partial charge in [0.15, 0.2) is 0 Å². The third-order valence-corrected chi connectivity index (χ3v) is 7.29. The van der Waals surface area contributed by atoms with Gasteiger partial charge in [0.05, 0.1) is 22.7 Å². The van der Waals surface area contributed by atoms with Crippen LogP contribution in [-0.4, -0.2) is 30.1 Å². The van der Waals surface area contributed by atoms with Gasteiger partial charge < -0.3 is 5.73 Å². The quantitative estimate of drug-likeness (QED) is 0.515. The van der Waals surface area contributed by atoms with Gasteiger partial charge in [-0.25, -0.2) is 18.4 Å². The van der Waals surface area contributed by atoms with Crippen molar-refractivity contribution in [3.8, 4) is 11.3 Å². The van der Waals surface area contributed by atoms with Gasteiger partial charge in [0.25, 0.3) is 10.0 Å². The molecule has 5 rings (SSSR count). The van der Waals surface area contributed by atoms with Crippen molar-refractivity contribution in [1.82, 2.24) is 9.97 Å². The molecule has 2 aromatic carbocycles. The maximum atomic E-state index is 12.7. The van der Waals surface area contributed by atoms with Gasteiger partial charge >= 0.3 is 0 Å². The molecule has 0 bridgehead atoms. The number of primary amides is 1. The number of fused-ring (bicyclic) bond motifs is 1. The molecule has 2 aliphatic rings. The standard InChI is InChI=1S/C25H22N4O4S/c26-25(31)17-8-12-19(13-9-17)34(32,33)29-18-10-6-16(7-11-18)24-20-2-1-3-21(20)27-23(28-24)14-22(30)15-4-5-15/h1-2,6-13,15,29H,3-5,14H2,(H2,26,31). The van der Waals surface area contributed by atoms with Gasteiger partial charge in [-0.15, -0.1) is 0 Å². The number of rotatable bonds is 8. The van der Waals surface area contributed by atoms with Gasteiger partial charge in [0, 0.05) is 34.7 Å². The highest BCUT2D eigenvalue weighted by Crippen LogP contribution is 2.33. The lowest BCUT2D eigenvalue weighted by Gasteiger charge is -2.12. The molecule has 34 heavy (non-hydrogen) atoms. The van der Waals surface area contributed by atoms with E-state index >= 15 is 0 Å². The smallest absolute Gasteiger partial charge is 0.261 e. The van der Waals surface area contributed by atoms with Crippen molar-refractivity contribution >= 4 is 33.5 Å². The number of hydrogen-bond donors (Lipinski definition) is 2. The zero-order valence-corrected chi connectivity index (χ0v) is 19.0.